The Bertz CT molecular complexity index is 1310. The lowest BCUT2D eigenvalue weighted by atomic mass is 9.97. The third-order valence-electron chi connectivity index (χ3n) is 5.09. The zero-order chi connectivity index (χ0) is 24.7. The molecule has 0 atom stereocenters. The van der Waals surface area contributed by atoms with Crippen LogP contribution in [-0.4, -0.2) is 58.8 Å². The highest BCUT2D eigenvalue weighted by atomic mass is 32.2. The normalized spacial score (nSPS) is 15.8. The summed E-state index contributed by atoms with van der Waals surface area (Å²) in [7, 11) is -3.68. The molecule has 3 heterocycles. The number of nitrogens with zero attached hydrogens (tertiary/aromatic N) is 5. The molecule has 0 N–H and O–H groups in total. The van der Waals surface area contributed by atoms with Crippen LogP contribution in [0.2, 0.25) is 0 Å². The maximum Gasteiger partial charge on any atom is 0.314 e. The van der Waals surface area contributed by atoms with Crippen molar-refractivity contribution in [1.29, 1.82) is 0 Å². The van der Waals surface area contributed by atoms with E-state index in [4.69, 9.17) is 4.42 Å². The van der Waals surface area contributed by atoms with Crippen LogP contribution >= 0.6 is 0 Å². The fourth-order valence-electron chi connectivity index (χ4n) is 3.29. The Hall–Kier alpha value is -3.39. The van der Waals surface area contributed by atoms with Crippen molar-refractivity contribution in [1.82, 2.24) is 19.5 Å². The number of carbonyl (C=O) groups is 1. The average Bonchev–Trinajstić information content (AvgIpc) is 3.25. The summed E-state index contributed by atoms with van der Waals surface area (Å²) < 4.78 is 83.3. The van der Waals surface area contributed by atoms with E-state index in [9.17, 15) is 26.4 Å². The fourth-order valence-corrected chi connectivity index (χ4v) is 4.17. The number of carbonyl (C=O) groups excluding carboxylic acids is 1. The van der Waals surface area contributed by atoms with Crippen LogP contribution < -0.4 is 4.90 Å². The van der Waals surface area contributed by atoms with Gasteiger partial charge in [-0.05, 0) is 30.3 Å². The molecule has 0 aliphatic carbocycles. The van der Waals surface area contributed by atoms with E-state index < -0.39 is 52.8 Å². The van der Waals surface area contributed by atoms with Crippen LogP contribution in [0.5, 0.6) is 0 Å². The highest BCUT2D eigenvalue weighted by Crippen LogP contribution is 2.32. The summed E-state index contributed by atoms with van der Waals surface area (Å²) in [6.07, 6.45) is -0.787. The number of hydrogen-bond donors (Lipinski definition) is 0. The topological polar surface area (TPSA) is 110 Å². The first kappa shape index (κ1) is 23.8. The molecule has 0 bridgehead atoms. The van der Waals surface area contributed by atoms with Gasteiger partial charge in [0, 0.05) is 11.9 Å². The number of aromatic nitrogens is 3. The number of pyridine rings is 1. The molecule has 1 amide bonds. The van der Waals surface area contributed by atoms with E-state index >= 15 is 4.39 Å². The van der Waals surface area contributed by atoms with Gasteiger partial charge in [0.05, 0.1) is 37.1 Å². The first-order valence-electron chi connectivity index (χ1n) is 9.75. The van der Waals surface area contributed by atoms with E-state index in [2.05, 4.69) is 15.2 Å². The summed E-state index contributed by atoms with van der Waals surface area (Å²) >= 11 is 0. The van der Waals surface area contributed by atoms with Crippen LogP contribution in [0.1, 0.15) is 18.0 Å². The van der Waals surface area contributed by atoms with Crippen molar-refractivity contribution in [2.75, 3.05) is 24.2 Å². The van der Waals surface area contributed by atoms with Gasteiger partial charge in [0.15, 0.2) is 0 Å². The zero-order valence-corrected chi connectivity index (χ0v) is 18.3. The minimum atomic E-state index is -3.68. The number of anilines is 1. The van der Waals surface area contributed by atoms with Crippen molar-refractivity contribution >= 4 is 21.6 Å². The summed E-state index contributed by atoms with van der Waals surface area (Å²) in [4.78, 5) is 18.2. The lowest BCUT2D eigenvalue weighted by molar-refractivity contribution is -0.137. The molecule has 1 fully saturated rings. The Balaban J connectivity index is 1.58. The quantitative estimate of drug-likeness (QED) is 0.460. The van der Waals surface area contributed by atoms with Crippen molar-refractivity contribution in [2.24, 2.45) is 0 Å². The van der Waals surface area contributed by atoms with Crippen molar-refractivity contribution in [3.05, 3.63) is 60.0 Å². The number of amides is 1. The Morgan fingerprint density at radius 3 is 2.53 bits per heavy atom. The monoisotopic (exact) mass is 499 g/mol. The molecule has 1 saturated heterocycles. The van der Waals surface area contributed by atoms with Crippen LogP contribution in [0, 0.1) is 5.82 Å². The van der Waals surface area contributed by atoms with Crippen molar-refractivity contribution in [2.45, 2.75) is 18.6 Å². The fraction of sp³-hybridized carbons (Fsp3) is 0.300. The van der Waals surface area contributed by atoms with Crippen LogP contribution in [-0.2, 0) is 21.4 Å². The molecule has 180 valence electrons. The van der Waals surface area contributed by atoms with Crippen molar-refractivity contribution in [3.63, 3.8) is 0 Å². The molecule has 0 spiro atoms. The smallest absolute Gasteiger partial charge is 0.314 e. The molecule has 0 saturated carbocycles. The molecule has 0 unspecified atom stereocenters. The molecule has 2 aromatic heterocycles. The van der Waals surface area contributed by atoms with Gasteiger partial charge in [-0.15, -0.1) is 10.2 Å². The second-order valence-corrected chi connectivity index (χ2v) is 9.63. The highest BCUT2D eigenvalue weighted by molar-refractivity contribution is 7.88. The summed E-state index contributed by atoms with van der Waals surface area (Å²) in [5, 5.41) is 6.74. The largest absolute Gasteiger partial charge is 0.415 e. The predicted octanol–water partition coefficient (Wildman–Crippen LogP) is 2.73. The summed E-state index contributed by atoms with van der Waals surface area (Å²) in [5.41, 5.74) is -1.97. The summed E-state index contributed by atoms with van der Waals surface area (Å²) in [5.74, 6) is -2.75. The maximum atomic E-state index is 15.3. The molecule has 34 heavy (non-hydrogen) atoms. The predicted molar refractivity (Wildman–Crippen MR) is 110 cm³/mol. The SMILES string of the molecule is CS(=O)(=O)N1CC(F)(C(=O)N(Cc2ccc(-c3nnc(C(F)F)o3)cn2)c2cccc(F)c2)C1. The van der Waals surface area contributed by atoms with E-state index in [1.165, 1.54) is 30.5 Å². The summed E-state index contributed by atoms with van der Waals surface area (Å²) in [6, 6.07) is 7.78. The van der Waals surface area contributed by atoms with Crippen LogP contribution in [0.25, 0.3) is 11.5 Å². The first-order chi connectivity index (χ1) is 16.0. The van der Waals surface area contributed by atoms with Crippen LogP contribution in [0.15, 0.2) is 47.0 Å². The number of alkyl halides is 3. The molecule has 1 aliphatic rings. The van der Waals surface area contributed by atoms with E-state index in [0.29, 0.717) is 0 Å². The van der Waals surface area contributed by atoms with Gasteiger partial charge in [0.2, 0.25) is 21.6 Å². The number of sulfonamides is 1. The van der Waals surface area contributed by atoms with Gasteiger partial charge in [-0.25, -0.2) is 17.2 Å². The zero-order valence-electron chi connectivity index (χ0n) is 17.5. The molecular weight excluding hydrogens is 482 g/mol. The lowest BCUT2D eigenvalue weighted by Gasteiger charge is -2.43. The minimum absolute atomic E-state index is 0.0455. The van der Waals surface area contributed by atoms with E-state index in [1.54, 1.807) is 0 Å². The molecule has 1 aliphatic heterocycles. The number of benzene rings is 1. The maximum absolute atomic E-state index is 15.3. The lowest BCUT2D eigenvalue weighted by Crippen LogP contribution is -2.67. The first-order valence-corrected chi connectivity index (χ1v) is 11.6. The molecule has 4 rings (SSSR count). The van der Waals surface area contributed by atoms with E-state index in [-0.39, 0.29) is 29.4 Å². The molecule has 14 heteroatoms. The molecule has 1 aromatic carbocycles. The molecule has 9 nitrogen and oxygen atoms in total. The van der Waals surface area contributed by atoms with Crippen LogP contribution in [0.3, 0.4) is 0 Å². The van der Waals surface area contributed by atoms with Gasteiger partial charge < -0.3 is 9.32 Å². The highest BCUT2D eigenvalue weighted by Gasteiger charge is 2.55. The van der Waals surface area contributed by atoms with Crippen molar-refractivity contribution < 1.29 is 35.2 Å². The summed E-state index contributed by atoms with van der Waals surface area (Å²) in [6.45, 7) is -1.60. The Kier molecular flexibility index (Phi) is 6.12. The van der Waals surface area contributed by atoms with Gasteiger partial charge in [0.25, 0.3) is 11.8 Å². The van der Waals surface area contributed by atoms with E-state index in [0.717, 1.165) is 27.6 Å². The Labute approximate surface area is 191 Å². The molecule has 3 aromatic rings. The second kappa shape index (κ2) is 8.76. The number of hydrogen-bond acceptors (Lipinski definition) is 7. The van der Waals surface area contributed by atoms with Crippen molar-refractivity contribution in [3.8, 4) is 11.5 Å². The number of rotatable bonds is 7. The third-order valence-corrected chi connectivity index (χ3v) is 6.29. The third kappa shape index (κ3) is 4.77. The molecular formula is C20H17F4N5O4S. The Morgan fingerprint density at radius 2 is 1.97 bits per heavy atom. The van der Waals surface area contributed by atoms with Gasteiger partial charge in [-0.3, -0.25) is 9.78 Å². The van der Waals surface area contributed by atoms with Crippen LogP contribution in [0.4, 0.5) is 23.2 Å². The van der Waals surface area contributed by atoms with Gasteiger partial charge in [-0.1, -0.05) is 6.07 Å². The van der Waals surface area contributed by atoms with Gasteiger partial charge in [-0.2, -0.15) is 13.1 Å². The van der Waals surface area contributed by atoms with Gasteiger partial charge in [0.1, 0.15) is 5.82 Å². The van der Waals surface area contributed by atoms with Gasteiger partial charge >= 0.3 is 6.43 Å². The Morgan fingerprint density at radius 1 is 1.24 bits per heavy atom. The second-order valence-electron chi connectivity index (χ2n) is 7.65. The minimum Gasteiger partial charge on any atom is -0.415 e. The standard InChI is InChI=1S/C20H17F4N5O4S/c1-34(31,32)28-10-20(24,11-28)19(30)29(15-4-2-3-13(21)7-15)9-14-6-5-12(8-25-14)17-26-27-18(33-17)16(22)23/h2-8,16H,9-11H2,1H3. The van der Waals surface area contributed by atoms with E-state index in [1.807, 2.05) is 0 Å². The average molecular weight is 499 g/mol. The number of halogens is 4. The molecule has 0 radical (unpaired) electrons.